The van der Waals surface area contributed by atoms with E-state index in [0.717, 1.165) is 57.8 Å². The Morgan fingerprint density at radius 1 is 0.627 bits per heavy atom. The smallest absolute Gasteiger partial charge is 0.462 e. The lowest BCUT2D eigenvalue weighted by atomic mass is 10.1. The summed E-state index contributed by atoms with van der Waals surface area (Å²) in [5.74, 6) is -1.02. The minimum Gasteiger partial charge on any atom is -0.462 e. The van der Waals surface area contributed by atoms with E-state index in [2.05, 4.69) is 54.8 Å². The average Bonchev–Trinajstić information content (AvgIpc) is 3.09. The maximum Gasteiger partial charge on any atom is 0.469 e. The zero-order valence-electron chi connectivity index (χ0n) is 31.3. The summed E-state index contributed by atoms with van der Waals surface area (Å²) < 4.78 is 26.2. The van der Waals surface area contributed by atoms with Crippen LogP contribution in [0, 0.1) is 0 Å². The number of phosphoric ester groups is 1. The molecule has 0 aliphatic carbocycles. The Labute approximate surface area is 308 Å². The van der Waals surface area contributed by atoms with Crippen LogP contribution in [0.25, 0.3) is 0 Å². The highest BCUT2D eigenvalue weighted by molar-refractivity contribution is 7.46. The Morgan fingerprint density at radius 2 is 1.22 bits per heavy atom. The maximum atomic E-state index is 12.4. The van der Waals surface area contributed by atoms with Crippen molar-refractivity contribution in [1.82, 2.24) is 0 Å². The SMILES string of the molecule is CC/C=C\C/C=C\CC(O)/C=C/C=C\C/C=C\CCCC(=O)OC[C@H](COP(=O)(O)O)OC(=O)CCCCCCC/C=C\C=C/CCCCCC. The lowest BCUT2D eigenvalue weighted by Gasteiger charge is -2.18. The first kappa shape index (κ1) is 48.2. The second-order valence-electron chi connectivity index (χ2n) is 12.4. The van der Waals surface area contributed by atoms with Gasteiger partial charge in [-0.1, -0.05) is 137 Å². The molecule has 1 unspecified atom stereocenters. The molecular formula is C41H67O9P. The molecule has 3 N–H and O–H groups in total. The number of aliphatic hydroxyl groups excluding tert-OH is 1. The summed E-state index contributed by atoms with van der Waals surface area (Å²) in [6.07, 6.45) is 43.4. The number of hydrogen-bond donors (Lipinski definition) is 3. The van der Waals surface area contributed by atoms with Gasteiger partial charge in [0.1, 0.15) is 6.61 Å². The molecule has 0 rings (SSSR count). The van der Waals surface area contributed by atoms with E-state index < -0.39 is 38.6 Å². The predicted octanol–water partition coefficient (Wildman–Crippen LogP) is 10.3. The topological polar surface area (TPSA) is 140 Å². The number of allylic oxidation sites excluding steroid dienone is 12. The molecule has 0 saturated carbocycles. The van der Waals surface area contributed by atoms with Gasteiger partial charge in [0.2, 0.25) is 0 Å². The summed E-state index contributed by atoms with van der Waals surface area (Å²) in [5.41, 5.74) is 0. The first-order valence-electron chi connectivity index (χ1n) is 19.0. The molecule has 0 spiro atoms. The molecule has 290 valence electrons. The highest BCUT2D eigenvalue weighted by Gasteiger charge is 2.22. The van der Waals surface area contributed by atoms with E-state index in [4.69, 9.17) is 19.3 Å². The van der Waals surface area contributed by atoms with Crippen molar-refractivity contribution in [2.75, 3.05) is 13.2 Å². The van der Waals surface area contributed by atoms with E-state index >= 15 is 0 Å². The molecule has 0 aromatic rings. The number of phosphoric acid groups is 1. The van der Waals surface area contributed by atoms with Crippen molar-refractivity contribution in [3.63, 3.8) is 0 Å². The Hall–Kier alpha value is -2.81. The molecule has 2 atom stereocenters. The summed E-state index contributed by atoms with van der Waals surface area (Å²) in [4.78, 5) is 42.7. The van der Waals surface area contributed by atoms with Crippen molar-refractivity contribution in [3.05, 3.63) is 85.1 Å². The molecule has 0 aliphatic heterocycles. The van der Waals surface area contributed by atoms with Gasteiger partial charge in [0, 0.05) is 12.8 Å². The molecule has 0 aliphatic rings. The third kappa shape index (κ3) is 38.3. The molecule has 0 heterocycles. The maximum absolute atomic E-state index is 12.4. The molecule has 9 nitrogen and oxygen atoms in total. The van der Waals surface area contributed by atoms with Gasteiger partial charge in [-0.3, -0.25) is 14.1 Å². The van der Waals surface area contributed by atoms with Gasteiger partial charge in [0.05, 0.1) is 12.7 Å². The summed E-state index contributed by atoms with van der Waals surface area (Å²) >= 11 is 0. The Kier molecular flexibility index (Phi) is 33.6. The molecule has 0 bridgehead atoms. The highest BCUT2D eigenvalue weighted by Crippen LogP contribution is 2.36. The lowest BCUT2D eigenvalue weighted by Crippen LogP contribution is -2.29. The van der Waals surface area contributed by atoms with Gasteiger partial charge < -0.3 is 24.4 Å². The summed E-state index contributed by atoms with van der Waals surface area (Å²) in [6, 6.07) is 0. The molecule has 51 heavy (non-hydrogen) atoms. The first-order valence-corrected chi connectivity index (χ1v) is 20.5. The van der Waals surface area contributed by atoms with Crippen LogP contribution in [0.1, 0.15) is 136 Å². The fourth-order valence-electron chi connectivity index (χ4n) is 4.66. The molecule has 0 aromatic heterocycles. The number of esters is 2. The van der Waals surface area contributed by atoms with Gasteiger partial charge in [0.15, 0.2) is 6.10 Å². The normalized spacial score (nSPS) is 14.1. The van der Waals surface area contributed by atoms with Crippen molar-refractivity contribution in [2.45, 2.75) is 148 Å². The standard InChI is InChI=1S/C41H67O9P/c1-3-5-7-9-11-12-13-14-15-16-17-18-23-27-31-35-41(44)50-39(37-49-51(45,46)47)36-48-40(43)34-30-26-22-20-19-21-25-29-33-38(42)32-28-24-10-8-6-4-2/h6,8,12-15,20-22,24-25,28-29,33,38-39,42H,3-5,7,9-11,16-19,23,26-27,30-32,34-37H2,1-2H3,(H2,45,46,47)/b8-6-,13-12-,15-14-,22-20-,25-21-,28-24-,33-29+/t38?,39-/m1/s1. The van der Waals surface area contributed by atoms with Crippen molar-refractivity contribution < 1.29 is 43.0 Å². The zero-order valence-corrected chi connectivity index (χ0v) is 32.2. The summed E-state index contributed by atoms with van der Waals surface area (Å²) in [6.45, 7) is 3.39. The van der Waals surface area contributed by atoms with Crippen LogP contribution in [0.3, 0.4) is 0 Å². The number of carbonyl (C=O) groups is 2. The van der Waals surface area contributed by atoms with E-state index in [9.17, 15) is 19.3 Å². The number of hydrogen-bond acceptors (Lipinski definition) is 7. The van der Waals surface area contributed by atoms with Gasteiger partial charge in [-0.15, -0.1) is 0 Å². The van der Waals surface area contributed by atoms with E-state index in [-0.39, 0.29) is 19.4 Å². The van der Waals surface area contributed by atoms with E-state index in [0.29, 0.717) is 25.7 Å². The van der Waals surface area contributed by atoms with Crippen molar-refractivity contribution >= 4 is 19.8 Å². The quantitative estimate of drug-likeness (QED) is 0.0198. The highest BCUT2D eigenvalue weighted by atomic mass is 31.2. The van der Waals surface area contributed by atoms with Crippen LogP contribution in [0.5, 0.6) is 0 Å². The average molecular weight is 735 g/mol. The van der Waals surface area contributed by atoms with Crippen molar-refractivity contribution in [3.8, 4) is 0 Å². The minimum absolute atomic E-state index is 0.149. The van der Waals surface area contributed by atoms with Gasteiger partial charge >= 0.3 is 19.8 Å². The number of ether oxygens (including phenoxy) is 2. The Morgan fingerprint density at radius 3 is 1.92 bits per heavy atom. The fraction of sp³-hybridized carbons (Fsp3) is 0.610. The fourth-order valence-corrected chi connectivity index (χ4v) is 5.02. The number of carbonyl (C=O) groups excluding carboxylic acids is 2. The largest absolute Gasteiger partial charge is 0.469 e. The van der Waals surface area contributed by atoms with Gasteiger partial charge in [-0.2, -0.15) is 0 Å². The monoisotopic (exact) mass is 734 g/mol. The molecular weight excluding hydrogens is 667 g/mol. The lowest BCUT2D eigenvalue weighted by molar-refractivity contribution is -0.161. The summed E-state index contributed by atoms with van der Waals surface area (Å²) in [7, 11) is -4.79. The van der Waals surface area contributed by atoms with E-state index in [1.807, 2.05) is 42.5 Å². The van der Waals surface area contributed by atoms with Crippen LogP contribution >= 0.6 is 7.82 Å². The molecule has 0 radical (unpaired) electrons. The van der Waals surface area contributed by atoms with Gasteiger partial charge in [-0.05, 0) is 70.6 Å². The van der Waals surface area contributed by atoms with Crippen LogP contribution < -0.4 is 0 Å². The summed E-state index contributed by atoms with van der Waals surface area (Å²) in [5, 5.41) is 9.96. The second kappa shape index (κ2) is 35.6. The van der Waals surface area contributed by atoms with E-state index in [1.54, 1.807) is 6.08 Å². The van der Waals surface area contributed by atoms with Crippen LogP contribution in [0.15, 0.2) is 85.1 Å². The molecule has 0 saturated heterocycles. The molecule has 0 aromatic carbocycles. The Balaban J connectivity index is 4.19. The van der Waals surface area contributed by atoms with Crippen LogP contribution in [0.2, 0.25) is 0 Å². The molecule has 0 amide bonds. The van der Waals surface area contributed by atoms with Crippen molar-refractivity contribution in [2.24, 2.45) is 0 Å². The van der Waals surface area contributed by atoms with E-state index in [1.165, 1.54) is 25.7 Å². The number of aliphatic hydroxyl groups is 1. The van der Waals surface area contributed by atoms with Gasteiger partial charge in [0.25, 0.3) is 0 Å². The number of unbranched alkanes of at least 4 members (excludes halogenated alkanes) is 10. The van der Waals surface area contributed by atoms with Crippen molar-refractivity contribution in [1.29, 1.82) is 0 Å². The minimum atomic E-state index is -4.79. The van der Waals surface area contributed by atoms with Gasteiger partial charge in [-0.25, -0.2) is 4.57 Å². The van der Waals surface area contributed by atoms with Crippen LogP contribution in [-0.4, -0.2) is 52.3 Å². The zero-order chi connectivity index (χ0) is 37.7. The first-order chi connectivity index (χ1) is 24.7. The third-order valence-corrected chi connectivity index (χ3v) is 7.99. The van der Waals surface area contributed by atoms with Crippen LogP contribution in [0.4, 0.5) is 0 Å². The number of rotatable bonds is 33. The predicted molar refractivity (Wildman–Crippen MR) is 208 cm³/mol. The second-order valence-corrected chi connectivity index (χ2v) is 13.6. The molecule has 0 fully saturated rings. The Bertz CT molecular complexity index is 1110. The molecule has 10 heteroatoms. The van der Waals surface area contributed by atoms with Crippen LogP contribution in [-0.2, 0) is 28.2 Å². The third-order valence-electron chi connectivity index (χ3n) is 7.51.